The number of nitrogens with zero attached hydrogens (tertiary/aromatic N) is 1. The Hall–Kier alpha value is -1.29. The summed E-state index contributed by atoms with van der Waals surface area (Å²) in [7, 11) is 0. The van der Waals surface area contributed by atoms with E-state index in [1.807, 2.05) is 30.5 Å². The number of ether oxygens (including phenoxy) is 1. The van der Waals surface area contributed by atoms with E-state index in [2.05, 4.69) is 17.1 Å². The third-order valence-electron chi connectivity index (χ3n) is 2.98. The normalized spacial score (nSPS) is 9.38. The van der Waals surface area contributed by atoms with Gasteiger partial charge in [-0.3, -0.25) is 4.98 Å². The van der Waals surface area contributed by atoms with Crippen LogP contribution in [0, 0.1) is 0 Å². The van der Waals surface area contributed by atoms with Gasteiger partial charge < -0.3 is 10.5 Å². The van der Waals surface area contributed by atoms with Gasteiger partial charge in [-0.25, -0.2) is 0 Å². The molecule has 1 aromatic heterocycles. The Morgan fingerprint density at radius 2 is 1.81 bits per heavy atom. The van der Waals surface area contributed by atoms with Gasteiger partial charge in [0, 0.05) is 12.4 Å². The van der Waals surface area contributed by atoms with E-state index >= 15 is 0 Å². The molecule has 3 nitrogen and oxygen atoms in total. The van der Waals surface area contributed by atoms with Crippen LogP contribution in [0.15, 0.2) is 48.8 Å². The van der Waals surface area contributed by atoms with E-state index in [4.69, 9.17) is 10.5 Å². The summed E-state index contributed by atoms with van der Waals surface area (Å²) in [5.41, 5.74) is 7.97. The second-order valence-electron chi connectivity index (χ2n) is 4.46. The molecule has 116 valence electrons. The minimum absolute atomic E-state index is 0. The second kappa shape index (κ2) is 11.4. The van der Waals surface area contributed by atoms with Gasteiger partial charge in [-0.05, 0) is 49.1 Å². The summed E-state index contributed by atoms with van der Waals surface area (Å²) in [6.45, 7) is 1.35. The molecule has 0 aliphatic rings. The summed E-state index contributed by atoms with van der Waals surface area (Å²) < 4.78 is 5.77. The molecule has 0 aliphatic carbocycles. The molecule has 2 N–H and O–H groups in total. The van der Waals surface area contributed by atoms with Crippen molar-refractivity contribution in [2.24, 2.45) is 5.73 Å². The summed E-state index contributed by atoms with van der Waals surface area (Å²) in [5.74, 6) is 0.972. The molecular weight excluding hydrogens is 307 g/mol. The number of pyridine rings is 1. The number of hydrogen-bond acceptors (Lipinski definition) is 3. The molecule has 21 heavy (non-hydrogen) atoms. The molecule has 0 saturated carbocycles. The molecule has 1 heterocycles. The monoisotopic (exact) mass is 328 g/mol. The van der Waals surface area contributed by atoms with Crippen molar-refractivity contribution < 1.29 is 4.74 Å². The van der Waals surface area contributed by atoms with Crippen molar-refractivity contribution in [3.63, 3.8) is 0 Å². The first kappa shape index (κ1) is 19.7. The molecule has 0 atom stereocenters. The fourth-order valence-electron chi connectivity index (χ4n) is 1.94. The lowest BCUT2D eigenvalue weighted by atomic mass is 10.1. The van der Waals surface area contributed by atoms with Gasteiger partial charge in [-0.2, -0.15) is 0 Å². The summed E-state index contributed by atoms with van der Waals surface area (Å²) in [6.07, 6.45) is 6.54. The van der Waals surface area contributed by atoms with E-state index in [0.717, 1.165) is 25.0 Å². The smallest absolute Gasteiger partial charge is 0.122 e. The van der Waals surface area contributed by atoms with Crippen molar-refractivity contribution in [1.82, 2.24) is 4.98 Å². The minimum atomic E-state index is 0. The van der Waals surface area contributed by atoms with E-state index in [1.54, 1.807) is 6.20 Å². The quantitative estimate of drug-likeness (QED) is 0.792. The van der Waals surface area contributed by atoms with Crippen LogP contribution < -0.4 is 10.5 Å². The number of aromatic nitrogens is 1. The maximum atomic E-state index is 5.77. The van der Waals surface area contributed by atoms with Gasteiger partial charge >= 0.3 is 0 Å². The van der Waals surface area contributed by atoms with Crippen LogP contribution in [-0.4, -0.2) is 18.1 Å². The molecule has 0 bridgehead atoms. The van der Waals surface area contributed by atoms with Gasteiger partial charge in [-0.15, -0.1) is 24.8 Å². The van der Waals surface area contributed by atoms with E-state index < -0.39 is 0 Å². The predicted molar refractivity (Wildman–Crippen MR) is 91.7 cm³/mol. The van der Waals surface area contributed by atoms with E-state index in [1.165, 1.54) is 11.1 Å². The zero-order valence-corrected chi connectivity index (χ0v) is 13.5. The predicted octanol–water partition coefficient (Wildman–Crippen LogP) is 3.44. The highest BCUT2D eigenvalue weighted by Gasteiger charge is 2.03. The lowest BCUT2D eigenvalue weighted by Crippen LogP contribution is -2.07. The van der Waals surface area contributed by atoms with Crippen LogP contribution in [0.2, 0.25) is 0 Å². The number of para-hydroxylation sites is 1. The number of aryl methyl sites for hydroxylation is 2. The van der Waals surface area contributed by atoms with Gasteiger partial charge in [0.15, 0.2) is 0 Å². The Kier molecular flexibility index (Phi) is 10.7. The third-order valence-corrected chi connectivity index (χ3v) is 2.98. The first-order chi connectivity index (χ1) is 9.40. The number of rotatable bonds is 7. The third kappa shape index (κ3) is 6.80. The molecule has 1 aromatic carbocycles. The molecule has 0 unspecified atom stereocenters. The van der Waals surface area contributed by atoms with Crippen molar-refractivity contribution in [3.8, 4) is 5.75 Å². The summed E-state index contributed by atoms with van der Waals surface area (Å²) in [5, 5.41) is 0. The molecular formula is C16H22Cl2N2O. The van der Waals surface area contributed by atoms with E-state index in [-0.39, 0.29) is 24.8 Å². The standard InChI is InChI=1S/C16H20N2O.2ClH/c17-10-4-12-19-16-7-2-1-6-15(16)9-8-14-5-3-11-18-13-14;;/h1-3,5-7,11,13H,4,8-10,12,17H2;2*1H. The molecule has 2 rings (SSSR count). The van der Waals surface area contributed by atoms with Crippen LogP contribution in [-0.2, 0) is 12.8 Å². The van der Waals surface area contributed by atoms with Gasteiger partial charge in [0.2, 0.25) is 0 Å². The number of hydrogen-bond donors (Lipinski definition) is 1. The summed E-state index contributed by atoms with van der Waals surface area (Å²) >= 11 is 0. The Morgan fingerprint density at radius 1 is 1.00 bits per heavy atom. The zero-order chi connectivity index (χ0) is 13.3. The Morgan fingerprint density at radius 3 is 2.52 bits per heavy atom. The molecule has 0 aliphatic heterocycles. The van der Waals surface area contributed by atoms with Crippen LogP contribution in [0.25, 0.3) is 0 Å². The largest absolute Gasteiger partial charge is 0.493 e. The Bertz CT molecular complexity index is 495. The van der Waals surface area contributed by atoms with Crippen molar-refractivity contribution >= 4 is 24.8 Å². The maximum Gasteiger partial charge on any atom is 0.122 e. The summed E-state index contributed by atoms with van der Waals surface area (Å²) in [6, 6.07) is 12.3. The maximum absolute atomic E-state index is 5.77. The van der Waals surface area contributed by atoms with Crippen LogP contribution in [0.3, 0.4) is 0 Å². The molecule has 0 spiro atoms. The topological polar surface area (TPSA) is 48.1 Å². The van der Waals surface area contributed by atoms with Crippen molar-refractivity contribution in [2.75, 3.05) is 13.2 Å². The van der Waals surface area contributed by atoms with Crippen molar-refractivity contribution in [1.29, 1.82) is 0 Å². The average Bonchev–Trinajstić information content (AvgIpc) is 2.48. The highest BCUT2D eigenvalue weighted by Crippen LogP contribution is 2.20. The SMILES string of the molecule is Cl.Cl.NCCCOc1ccccc1CCc1cccnc1. The van der Waals surface area contributed by atoms with Crippen molar-refractivity contribution in [3.05, 3.63) is 59.9 Å². The molecule has 0 fully saturated rings. The van der Waals surface area contributed by atoms with E-state index in [9.17, 15) is 0 Å². The lowest BCUT2D eigenvalue weighted by Gasteiger charge is -2.11. The Balaban J connectivity index is 0.00000200. The number of benzene rings is 1. The van der Waals surface area contributed by atoms with Gasteiger partial charge in [0.1, 0.15) is 5.75 Å². The zero-order valence-electron chi connectivity index (χ0n) is 11.9. The van der Waals surface area contributed by atoms with Gasteiger partial charge in [-0.1, -0.05) is 24.3 Å². The average molecular weight is 329 g/mol. The molecule has 0 amide bonds. The molecule has 0 saturated heterocycles. The van der Waals surface area contributed by atoms with Crippen LogP contribution >= 0.6 is 24.8 Å². The van der Waals surface area contributed by atoms with Gasteiger partial charge in [0.05, 0.1) is 6.61 Å². The fourth-order valence-corrected chi connectivity index (χ4v) is 1.94. The highest BCUT2D eigenvalue weighted by molar-refractivity contribution is 5.85. The van der Waals surface area contributed by atoms with Gasteiger partial charge in [0.25, 0.3) is 0 Å². The number of nitrogens with two attached hydrogens (primary N) is 1. The molecule has 2 aromatic rings. The van der Waals surface area contributed by atoms with Crippen molar-refractivity contribution in [2.45, 2.75) is 19.3 Å². The molecule has 0 radical (unpaired) electrons. The van der Waals surface area contributed by atoms with Crippen LogP contribution in [0.1, 0.15) is 17.5 Å². The fraction of sp³-hybridized carbons (Fsp3) is 0.312. The van der Waals surface area contributed by atoms with Crippen LogP contribution in [0.4, 0.5) is 0 Å². The Labute approximate surface area is 138 Å². The first-order valence-corrected chi connectivity index (χ1v) is 6.70. The highest BCUT2D eigenvalue weighted by atomic mass is 35.5. The lowest BCUT2D eigenvalue weighted by molar-refractivity contribution is 0.310. The molecule has 5 heteroatoms. The summed E-state index contributed by atoms with van der Waals surface area (Å²) in [4.78, 5) is 4.13. The number of halogens is 2. The second-order valence-corrected chi connectivity index (χ2v) is 4.46. The first-order valence-electron chi connectivity index (χ1n) is 6.70. The van der Waals surface area contributed by atoms with E-state index in [0.29, 0.717) is 13.2 Å². The van der Waals surface area contributed by atoms with Crippen LogP contribution in [0.5, 0.6) is 5.75 Å². The minimum Gasteiger partial charge on any atom is -0.493 e.